The maximum Gasteiger partial charge on any atom is 0.269 e. The van der Waals surface area contributed by atoms with Crippen LogP contribution in [0.5, 0.6) is 0 Å². The summed E-state index contributed by atoms with van der Waals surface area (Å²) in [5.41, 5.74) is 2.63. The van der Waals surface area contributed by atoms with Gasteiger partial charge in [-0.25, -0.2) is 18.6 Å². The molecule has 9 nitrogen and oxygen atoms in total. The molecule has 2 rings (SSSR count). The Balaban J connectivity index is 1.89. The lowest BCUT2D eigenvalue weighted by Gasteiger charge is -2.05. The zero-order valence-corrected chi connectivity index (χ0v) is 14.7. The lowest BCUT2D eigenvalue weighted by atomic mass is 10.2. The van der Waals surface area contributed by atoms with E-state index in [0.717, 1.165) is 24.3 Å². The van der Waals surface area contributed by atoms with Crippen molar-refractivity contribution in [1.82, 2.24) is 10.1 Å². The second-order valence-electron chi connectivity index (χ2n) is 4.92. The van der Waals surface area contributed by atoms with Crippen molar-refractivity contribution in [1.29, 1.82) is 0 Å². The van der Waals surface area contributed by atoms with Gasteiger partial charge >= 0.3 is 0 Å². The minimum atomic E-state index is -3.98. The first kappa shape index (κ1) is 19.5. The molecule has 2 aromatic rings. The summed E-state index contributed by atoms with van der Waals surface area (Å²) in [7, 11) is -3.98. The van der Waals surface area contributed by atoms with Crippen molar-refractivity contribution in [3.05, 3.63) is 69.2 Å². The van der Waals surface area contributed by atoms with Gasteiger partial charge in [-0.3, -0.25) is 14.9 Å². The zero-order chi connectivity index (χ0) is 19.2. The maximum absolute atomic E-state index is 12.0. The molecule has 0 unspecified atom stereocenters. The van der Waals surface area contributed by atoms with Gasteiger partial charge < -0.3 is 0 Å². The summed E-state index contributed by atoms with van der Waals surface area (Å²) in [5, 5.41) is 14.8. The van der Waals surface area contributed by atoms with Crippen molar-refractivity contribution in [2.45, 2.75) is 4.90 Å². The van der Waals surface area contributed by atoms with Crippen LogP contribution in [0.25, 0.3) is 0 Å². The molecule has 0 bridgehead atoms. The van der Waals surface area contributed by atoms with Gasteiger partial charge in [0, 0.05) is 17.2 Å². The van der Waals surface area contributed by atoms with Crippen LogP contribution in [-0.4, -0.2) is 32.0 Å². The van der Waals surface area contributed by atoms with E-state index in [0.29, 0.717) is 10.6 Å². The molecular formula is C15H13ClN4O5S. The maximum atomic E-state index is 12.0. The molecule has 0 aliphatic carbocycles. The third-order valence-corrected chi connectivity index (χ3v) is 4.72. The zero-order valence-electron chi connectivity index (χ0n) is 13.1. The van der Waals surface area contributed by atoms with Crippen LogP contribution in [0.3, 0.4) is 0 Å². The number of nitro groups is 1. The minimum absolute atomic E-state index is 0.194. The van der Waals surface area contributed by atoms with E-state index in [1.165, 1.54) is 6.21 Å². The first-order valence-corrected chi connectivity index (χ1v) is 8.95. The molecular weight excluding hydrogens is 384 g/mol. The van der Waals surface area contributed by atoms with Crippen LogP contribution in [0.1, 0.15) is 5.56 Å². The van der Waals surface area contributed by atoms with Crippen LogP contribution in [0.4, 0.5) is 5.69 Å². The standard InChI is InChI=1S/C15H13ClN4O5S/c16-12-3-1-11(2-4-12)9-17-19-15(21)10-18-26(24,25)14-7-5-13(6-8-14)20(22)23/h1-9,18H,10H2,(H,19,21)/b17-9+. The van der Waals surface area contributed by atoms with Crippen LogP contribution in [0.15, 0.2) is 58.5 Å². The molecule has 0 spiro atoms. The monoisotopic (exact) mass is 396 g/mol. The van der Waals surface area contributed by atoms with Gasteiger partial charge in [0.1, 0.15) is 0 Å². The number of carbonyl (C=O) groups is 1. The summed E-state index contributed by atoms with van der Waals surface area (Å²) in [6.07, 6.45) is 1.37. The number of benzene rings is 2. The number of non-ortho nitro benzene ring substituents is 1. The van der Waals surface area contributed by atoms with Crippen molar-refractivity contribution in [2.75, 3.05) is 6.54 Å². The highest BCUT2D eigenvalue weighted by Crippen LogP contribution is 2.15. The summed E-state index contributed by atoms with van der Waals surface area (Å²) in [6.45, 7) is -0.544. The minimum Gasteiger partial charge on any atom is -0.272 e. The van der Waals surface area contributed by atoms with Crippen LogP contribution in [-0.2, 0) is 14.8 Å². The normalized spacial score (nSPS) is 11.4. The highest BCUT2D eigenvalue weighted by Gasteiger charge is 2.16. The van der Waals surface area contributed by atoms with Gasteiger partial charge in [0.05, 0.1) is 22.6 Å². The molecule has 0 saturated heterocycles. The van der Waals surface area contributed by atoms with Crippen molar-refractivity contribution in [3.63, 3.8) is 0 Å². The number of sulfonamides is 1. The smallest absolute Gasteiger partial charge is 0.269 e. The second kappa shape index (κ2) is 8.52. The van der Waals surface area contributed by atoms with E-state index in [-0.39, 0.29) is 10.6 Å². The molecule has 0 aliphatic heterocycles. The van der Waals surface area contributed by atoms with E-state index >= 15 is 0 Å². The van der Waals surface area contributed by atoms with Gasteiger partial charge in [-0.05, 0) is 29.8 Å². The number of hydrogen-bond acceptors (Lipinski definition) is 6. The van der Waals surface area contributed by atoms with Gasteiger partial charge in [0.2, 0.25) is 10.0 Å². The Morgan fingerprint density at radius 2 is 1.77 bits per heavy atom. The van der Waals surface area contributed by atoms with E-state index in [4.69, 9.17) is 11.6 Å². The number of nitrogens with one attached hydrogen (secondary N) is 2. The second-order valence-corrected chi connectivity index (χ2v) is 7.12. The number of hydrazone groups is 1. The Morgan fingerprint density at radius 1 is 1.15 bits per heavy atom. The summed E-state index contributed by atoms with van der Waals surface area (Å²) < 4.78 is 26.1. The Hall–Kier alpha value is -2.82. The molecule has 0 aromatic heterocycles. The predicted octanol–water partition coefficient (Wildman–Crippen LogP) is 1.68. The molecule has 0 atom stereocenters. The molecule has 0 radical (unpaired) electrons. The lowest BCUT2D eigenvalue weighted by Crippen LogP contribution is -2.34. The third kappa shape index (κ3) is 5.62. The summed E-state index contributed by atoms with van der Waals surface area (Å²) in [5.74, 6) is -0.680. The van der Waals surface area contributed by atoms with Crippen molar-refractivity contribution >= 4 is 39.4 Å². The number of amides is 1. The number of nitrogens with zero attached hydrogens (tertiary/aromatic N) is 2. The Bertz CT molecular complexity index is 928. The van der Waals surface area contributed by atoms with Crippen molar-refractivity contribution < 1.29 is 18.1 Å². The van der Waals surface area contributed by atoms with Crippen molar-refractivity contribution in [2.24, 2.45) is 5.10 Å². The molecule has 0 heterocycles. The van der Waals surface area contributed by atoms with Gasteiger partial charge in [-0.1, -0.05) is 23.7 Å². The molecule has 1 amide bonds. The van der Waals surface area contributed by atoms with Gasteiger partial charge in [-0.2, -0.15) is 5.10 Å². The molecule has 0 saturated carbocycles. The SMILES string of the molecule is O=C(CNS(=O)(=O)c1ccc([N+](=O)[O-])cc1)N/N=C/c1ccc(Cl)cc1. The fraction of sp³-hybridized carbons (Fsp3) is 0.0667. The van der Waals surface area contributed by atoms with Gasteiger partial charge in [-0.15, -0.1) is 0 Å². The predicted molar refractivity (Wildman–Crippen MR) is 95.5 cm³/mol. The molecule has 0 fully saturated rings. The number of carbonyl (C=O) groups excluding carboxylic acids is 1. The largest absolute Gasteiger partial charge is 0.272 e. The quantitative estimate of drug-likeness (QED) is 0.417. The topological polar surface area (TPSA) is 131 Å². The first-order valence-electron chi connectivity index (χ1n) is 7.09. The number of rotatable bonds is 7. The van der Waals surface area contributed by atoms with Crippen LogP contribution in [0.2, 0.25) is 5.02 Å². The lowest BCUT2D eigenvalue weighted by molar-refractivity contribution is -0.384. The van der Waals surface area contributed by atoms with Crippen LogP contribution >= 0.6 is 11.6 Å². The molecule has 11 heteroatoms. The number of halogens is 1. The van der Waals surface area contributed by atoms with E-state index in [9.17, 15) is 23.3 Å². The average Bonchev–Trinajstić information content (AvgIpc) is 2.62. The first-order chi connectivity index (χ1) is 12.3. The van der Waals surface area contributed by atoms with E-state index in [1.54, 1.807) is 24.3 Å². The molecule has 2 aromatic carbocycles. The van der Waals surface area contributed by atoms with Gasteiger partial charge in [0.25, 0.3) is 11.6 Å². The summed E-state index contributed by atoms with van der Waals surface area (Å²) in [4.78, 5) is 21.4. The Morgan fingerprint density at radius 3 is 2.35 bits per heavy atom. The van der Waals surface area contributed by atoms with Crippen molar-refractivity contribution in [3.8, 4) is 0 Å². The fourth-order valence-corrected chi connectivity index (χ4v) is 2.87. The highest BCUT2D eigenvalue weighted by atomic mass is 35.5. The van der Waals surface area contributed by atoms with E-state index < -0.39 is 27.4 Å². The average molecular weight is 397 g/mol. The van der Waals surface area contributed by atoms with Gasteiger partial charge in [0.15, 0.2) is 0 Å². The summed E-state index contributed by atoms with van der Waals surface area (Å²) in [6, 6.07) is 11.0. The van der Waals surface area contributed by atoms with E-state index in [2.05, 4.69) is 15.2 Å². The van der Waals surface area contributed by atoms with E-state index in [1.807, 2.05) is 0 Å². The highest BCUT2D eigenvalue weighted by molar-refractivity contribution is 7.89. The molecule has 26 heavy (non-hydrogen) atoms. The molecule has 0 aliphatic rings. The molecule has 2 N–H and O–H groups in total. The van der Waals surface area contributed by atoms with Crippen LogP contribution in [0, 0.1) is 10.1 Å². The Kier molecular flexibility index (Phi) is 6.39. The molecule has 136 valence electrons. The summed E-state index contributed by atoms with van der Waals surface area (Å²) >= 11 is 5.74. The number of hydrogen-bond donors (Lipinski definition) is 2. The number of nitro benzene ring substituents is 1. The fourth-order valence-electron chi connectivity index (χ4n) is 1.76. The Labute approximate surface area is 153 Å². The third-order valence-electron chi connectivity index (χ3n) is 3.05. The van der Waals surface area contributed by atoms with Crippen LogP contribution < -0.4 is 10.1 Å².